The number of carbonyl (C=O) groups is 2. The lowest BCUT2D eigenvalue weighted by atomic mass is 10.1. The minimum absolute atomic E-state index is 0.00775. The number of pyridine rings is 1. The molecule has 1 aromatic heterocycles. The topological polar surface area (TPSA) is 93.2 Å². The van der Waals surface area contributed by atoms with E-state index in [1.807, 2.05) is 36.4 Å². The van der Waals surface area contributed by atoms with Crippen LogP contribution in [0.2, 0.25) is 0 Å². The lowest BCUT2D eigenvalue weighted by Crippen LogP contribution is -2.31. The number of carbonyl (C=O) groups excluding carboxylic acids is 2. The number of amides is 3. The quantitative estimate of drug-likeness (QED) is 0.480. The number of methoxy groups -OCH3 is 1. The summed E-state index contributed by atoms with van der Waals surface area (Å²) in [4.78, 5) is 33.5. The summed E-state index contributed by atoms with van der Waals surface area (Å²) in [7, 11) is 1.61. The highest BCUT2D eigenvalue weighted by atomic mass is 16.6. The highest BCUT2D eigenvalue weighted by molar-refractivity contribution is 5.98. The molecule has 0 spiro atoms. The van der Waals surface area contributed by atoms with Crippen LogP contribution in [0.4, 0.5) is 10.5 Å². The van der Waals surface area contributed by atoms with Crippen molar-refractivity contribution in [1.29, 1.82) is 0 Å². The van der Waals surface area contributed by atoms with Crippen LogP contribution in [0.3, 0.4) is 0 Å². The van der Waals surface area contributed by atoms with E-state index in [-0.39, 0.29) is 18.0 Å². The van der Waals surface area contributed by atoms with E-state index in [2.05, 4.69) is 10.3 Å². The van der Waals surface area contributed by atoms with E-state index < -0.39 is 0 Å². The summed E-state index contributed by atoms with van der Waals surface area (Å²) >= 11 is 0. The number of rotatable bonds is 9. The Morgan fingerprint density at radius 2 is 2.03 bits per heavy atom. The van der Waals surface area contributed by atoms with Crippen molar-refractivity contribution >= 4 is 17.6 Å². The molecule has 9 nitrogen and oxygen atoms in total. The molecule has 2 aliphatic heterocycles. The zero-order chi connectivity index (χ0) is 25.6. The Balaban J connectivity index is 1.39. The summed E-state index contributed by atoms with van der Waals surface area (Å²) in [6.45, 7) is 3.14. The number of ether oxygens (including phenoxy) is 3. The van der Waals surface area contributed by atoms with E-state index in [1.165, 1.54) is 0 Å². The molecule has 3 amide bonds. The van der Waals surface area contributed by atoms with Crippen LogP contribution in [0.15, 0.2) is 67.0 Å². The molecular formula is C28H30N4O5. The molecular weight excluding hydrogens is 472 g/mol. The van der Waals surface area contributed by atoms with Crippen LogP contribution >= 0.6 is 0 Å². The maximum Gasteiger partial charge on any atom is 0.321 e. The second-order valence-electron chi connectivity index (χ2n) is 9.05. The third-order valence-electron chi connectivity index (χ3n) is 6.43. The third-order valence-corrected chi connectivity index (χ3v) is 6.43. The smallest absolute Gasteiger partial charge is 0.321 e. The monoisotopic (exact) mass is 502 g/mol. The largest absolute Gasteiger partial charge is 0.493 e. The highest BCUT2D eigenvalue weighted by Crippen LogP contribution is 2.31. The average molecular weight is 503 g/mol. The van der Waals surface area contributed by atoms with Gasteiger partial charge >= 0.3 is 6.03 Å². The number of hydrogen-bond acceptors (Lipinski definition) is 6. The Morgan fingerprint density at radius 3 is 2.76 bits per heavy atom. The van der Waals surface area contributed by atoms with Gasteiger partial charge in [-0.1, -0.05) is 18.2 Å². The first-order valence-electron chi connectivity index (χ1n) is 12.4. The molecule has 2 aromatic carbocycles. The van der Waals surface area contributed by atoms with Crippen LogP contribution in [0.1, 0.15) is 27.9 Å². The molecule has 37 heavy (non-hydrogen) atoms. The van der Waals surface area contributed by atoms with Gasteiger partial charge in [-0.25, -0.2) is 4.79 Å². The van der Waals surface area contributed by atoms with Crippen LogP contribution in [-0.4, -0.2) is 61.3 Å². The van der Waals surface area contributed by atoms with Crippen molar-refractivity contribution < 1.29 is 23.8 Å². The lowest BCUT2D eigenvalue weighted by molar-refractivity contribution is 0.0729. The van der Waals surface area contributed by atoms with Crippen LogP contribution in [0.5, 0.6) is 11.5 Å². The fourth-order valence-corrected chi connectivity index (χ4v) is 4.53. The highest BCUT2D eigenvalue weighted by Gasteiger charge is 2.24. The van der Waals surface area contributed by atoms with Gasteiger partial charge in [-0.3, -0.25) is 14.7 Å². The summed E-state index contributed by atoms with van der Waals surface area (Å²) in [5.74, 6) is 1.12. The minimum atomic E-state index is -0.157. The first kappa shape index (κ1) is 24.6. The number of aromatic nitrogens is 1. The van der Waals surface area contributed by atoms with E-state index in [9.17, 15) is 9.59 Å². The normalized spacial score (nSPS) is 16.9. The van der Waals surface area contributed by atoms with Gasteiger partial charge in [0.15, 0.2) is 11.5 Å². The van der Waals surface area contributed by atoms with Crippen LogP contribution in [0.25, 0.3) is 0 Å². The van der Waals surface area contributed by atoms with Crippen molar-refractivity contribution in [3.63, 3.8) is 0 Å². The predicted molar refractivity (Wildman–Crippen MR) is 138 cm³/mol. The third kappa shape index (κ3) is 5.83. The maximum absolute atomic E-state index is 13.8. The average Bonchev–Trinajstić information content (AvgIpc) is 3.61. The SMILES string of the molecule is COc1cc(CN(Cc2cccnc2)C(=O)c2cccc(N3CCNC3=O)c2)ccc1O[C@H]1CCOC1. The Labute approximate surface area is 216 Å². The number of urea groups is 1. The molecule has 1 N–H and O–H groups in total. The molecule has 0 bridgehead atoms. The molecule has 0 saturated carbocycles. The zero-order valence-electron chi connectivity index (χ0n) is 20.8. The summed E-state index contributed by atoms with van der Waals surface area (Å²) in [6, 6.07) is 16.6. The van der Waals surface area contributed by atoms with Gasteiger partial charge in [-0.05, 0) is 47.5 Å². The molecule has 3 heterocycles. The van der Waals surface area contributed by atoms with Gasteiger partial charge in [0.2, 0.25) is 0 Å². The number of benzene rings is 2. The molecule has 0 radical (unpaired) electrons. The van der Waals surface area contributed by atoms with Crippen molar-refractivity contribution in [2.75, 3.05) is 38.3 Å². The molecule has 5 rings (SSSR count). The van der Waals surface area contributed by atoms with Crippen molar-refractivity contribution in [3.8, 4) is 11.5 Å². The fourth-order valence-electron chi connectivity index (χ4n) is 4.53. The molecule has 2 fully saturated rings. The molecule has 1 atom stereocenters. The number of nitrogens with one attached hydrogen (secondary N) is 1. The van der Waals surface area contributed by atoms with Crippen LogP contribution in [-0.2, 0) is 17.8 Å². The van der Waals surface area contributed by atoms with E-state index in [4.69, 9.17) is 14.2 Å². The number of hydrogen-bond donors (Lipinski definition) is 1. The van der Waals surface area contributed by atoms with Crippen molar-refractivity contribution in [2.45, 2.75) is 25.6 Å². The maximum atomic E-state index is 13.8. The zero-order valence-corrected chi connectivity index (χ0v) is 20.8. The first-order valence-corrected chi connectivity index (χ1v) is 12.4. The summed E-state index contributed by atoms with van der Waals surface area (Å²) in [5.41, 5.74) is 3.02. The lowest BCUT2D eigenvalue weighted by Gasteiger charge is -2.24. The van der Waals surface area contributed by atoms with Crippen LogP contribution < -0.4 is 19.7 Å². The van der Waals surface area contributed by atoms with Gasteiger partial charge in [-0.15, -0.1) is 0 Å². The standard InChI is InChI=1S/C28H30N4O5/c1-35-26-14-20(7-8-25(26)37-24-9-13-36-19-24)17-31(18-21-4-3-10-29-16-21)27(33)22-5-2-6-23(15-22)32-12-11-30-28(32)34/h2-8,10,14-16,24H,9,11-13,17-19H2,1H3,(H,30,34)/t24-/m0/s1. The van der Waals surface area contributed by atoms with E-state index in [0.29, 0.717) is 62.1 Å². The Hall–Kier alpha value is -4.11. The van der Waals surface area contributed by atoms with E-state index in [1.54, 1.807) is 47.5 Å². The second kappa shape index (κ2) is 11.3. The molecule has 2 aliphatic rings. The van der Waals surface area contributed by atoms with Gasteiger partial charge in [0.1, 0.15) is 6.10 Å². The molecule has 192 valence electrons. The van der Waals surface area contributed by atoms with Crippen molar-refractivity contribution in [1.82, 2.24) is 15.2 Å². The first-order chi connectivity index (χ1) is 18.1. The van der Waals surface area contributed by atoms with Crippen LogP contribution in [0, 0.1) is 0 Å². The summed E-state index contributed by atoms with van der Waals surface area (Å²) in [6.07, 6.45) is 4.32. The molecule has 9 heteroatoms. The summed E-state index contributed by atoms with van der Waals surface area (Å²) in [5, 5.41) is 2.80. The minimum Gasteiger partial charge on any atom is -0.493 e. The molecule has 0 aliphatic carbocycles. The van der Waals surface area contributed by atoms with Gasteiger partial charge in [-0.2, -0.15) is 0 Å². The van der Waals surface area contributed by atoms with E-state index in [0.717, 1.165) is 17.5 Å². The van der Waals surface area contributed by atoms with E-state index >= 15 is 0 Å². The van der Waals surface area contributed by atoms with Gasteiger partial charge in [0.05, 0.1) is 20.3 Å². The van der Waals surface area contributed by atoms with Crippen molar-refractivity contribution in [2.24, 2.45) is 0 Å². The Bertz CT molecular complexity index is 1250. The van der Waals surface area contributed by atoms with Gasteiger partial charge < -0.3 is 24.4 Å². The molecule has 0 unspecified atom stereocenters. The number of nitrogens with zero attached hydrogens (tertiary/aromatic N) is 3. The summed E-state index contributed by atoms with van der Waals surface area (Å²) < 4.78 is 17.1. The number of anilines is 1. The Kier molecular flexibility index (Phi) is 7.51. The molecule has 3 aromatic rings. The van der Waals surface area contributed by atoms with Crippen molar-refractivity contribution in [3.05, 3.63) is 83.7 Å². The van der Waals surface area contributed by atoms with Gasteiger partial charge in [0.25, 0.3) is 5.91 Å². The fraction of sp³-hybridized carbons (Fsp3) is 0.321. The Morgan fingerprint density at radius 1 is 1.14 bits per heavy atom. The second-order valence-corrected chi connectivity index (χ2v) is 9.05. The van der Waals surface area contributed by atoms with Gasteiger partial charge in [0, 0.05) is 56.2 Å². The predicted octanol–water partition coefficient (Wildman–Crippen LogP) is 3.63. The molecule has 2 saturated heterocycles.